The Morgan fingerprint density at radius 1 is 1.24 bits per heavy atom. The van der Waals surface area contributed by atoms with Crippen LogP contribution < -0.4 is 0 Å². The smallest absolute Gasteiger partial charge is 0.339 e. The van der Waals surface area contributed by atoms with Crippen LogP contribution in [0.2, 0.25) is 5.02 Å². The molecule has 1 atom stereocenters. The zero-order valence-corrected chi connectivity index (χ0v) is 10.9. The number of hydrogen-bond acceptors (Lipinski definition) is 4. The molecule has 17 heavy (non-hydrogen) atoms. The maximum atomic E-state index is 11.3. The van der Waals surface area contributed by atoms with Gasteiger partial charge < -0.3 is 14.9 Å². The van der Waals surface area contributed by atoms with E-state index in [1.54, 1.807) is 20.8 Å². The highest BCUT2D eigenvalue weighted by Crippen LogP contribution is 2.38. The Bertz CT molecular complexity index is 439. The van der Waals surface area contributed by atoms with Crippen molar-refractivity contribution >= 4 is 17.6 Å². The first-order valence-corrected chi connectivity index (χ1v) is 5.44. The number of phenolic OH excluding ortho intramolecular Hbond substituents is 1. The van der Waals surface area contributed by atoms with Crippen LogP contribution in [0.5, 0.6) is 5.75 Å². The molecular formula is C12H15ClO4. The second kappa shape index (κ2) is 4.94. The number of aliphatic hydroxyl groups is 1. The van der Waals surface area contributed by atoms with E-state index in [-0.39, 0.29) is 11.3 Å². The lowest BCUT2D eigenvalue weighted by Crippen LogP contribution is -2.15. The predicted octanol–water partition coefficient (Wildman–Crippen LogP) is 2.18. The molecule has 2 N–H and O–H groups in total. The van der Waals surface area contributed by atoms with Crippen molar-refractivity contribution in [1.82, 2.24) is 0 Å². The summed E-state index contributed by atoms with van der Waals surface area (Å²) in [6.45, 7) is 5.07. The molecule has 0 aliphatic carbocycles. The summed E-state index contributed by atoms with van der Waals surface area (Å²) in [7, 11) is 1.17. The van der Waals surface area contributed by atoms with Gasteiger partial charge in [-0.2, -0.15) is 0 Å². The van der Waals surface area contributed by atoms with Gasteiger partial charge in [-0.25, -0.2) is 4.79 Å². The summed E-state index contributed by atoms with van der Waals surface area (Å²) in [5.74, 6) is -0.954. The minimum atomic E-state index is -1.53. The van der Waals surface area contributed by atoms with Gasteiger partial charge in [0.15, 0.2) is 6.10 Å². The molecule has 0 heterocycles. The Kier molecular flexibility index (Phi) is 4.01. The predicted molar refractivity (Wildman–Crippen MR) is 64.3 cm³/mol. The molecule has 0 aliphatic heterocycles. The summed E-state index contributed by atoms with van der Waals surface area (Å²) in [5.41, 5.74) is 1.84. The summed E-state index contributed by atoms with van der Waals surface area (Å²) < 4.78 is 4.44. The highest BCUT2D eigenvalue weighted by Gasteiger charge is 2.27. The molecule has 1 aromatic carbocycles. The van der Waals surface area contributed by atoms with E-state index >= 15 is 0 Å². The van der Waals surface area contributed by atoms with E-state index in [9.17, 15) is 15.0 Å². The molecule has 0 saturated carbocycles. The number of methoxy groups -OCH3 is 1. The molecule has 0 amide bonds. The van der Waals surface area contributed by atoms with E-state index < -0.39 is 12.1 Å². The summed E-state index contributed by atoms with van der Waals surface area (Å²) in [5, 5.41) is 20.2. The van der Waals surface area contributed by atoms with Crippen LogP contribution in [0.3, 0.4) is 0 Å². The summed E-state index contributed by atoms with van der Waals surface area (Å²) in [4.78, 5) is 11.3. The van der Waals surface area contributed by atoms with E-state index in [0.717, 1.165) is 5.56 Å². The molecule has 0 spiro atoms. The number of hydrogen-bond donors (Lipinski definition) is 2. The monoisotopic (exact) mass is 258 g/mol. The van der Waals surface area contributed by atoms with Crippen LogP contribution in [0.15, 0.2) is 0 Å². The molecule has 0 aliphatic rings. The number of ether oxygens (including phenoxy) is 1. The maximum absolute atomic E-state index is 11.3. The Labute approximate surface area is 105 Å². The van der Waals surface area contributed by atoms with Gasteiger partial charge in [0.2, 0.25) is 0 Å². The standard InChI is InChI=1S/C12H15ClO4/c1-5-6(2)10(14)8(7(3)9(5)13)11(15)12(16)17-4/h11,14-15H,1-4H3. The van der Waals surface area contributed by atoms with Crippen LogP contribution in [0.4, 0.5) is 0 Å². The van der Waals surface area contributed by atoms with Gasteiger partial charge in [0.25, 0.3) is 0 Å². The number of esters is 1. The summed E-state index contributed by atoms with van der Waals surface area (Å²) in [6, 6.07) is 0. The van der Waals surface area contributed by atoms with Crippen molar-refractivity contribution in [2.24, 2.45) is 0 Å². The molecule has 0 radical (unpaired) electrons. The number of phenols is 1. The zero-order chi connectivity index (χ0) is 13.3. The number of aromatic hydroxyl groups is 1. The topological polar surface area (TPSA) is 66.8 Å². The van der Waals surface area contributed by atoms with Gasteiger partial charge in [-0.3, -0.25) is 0 Å². The molecule has 0 saturated heterocycles. The van der Waals surface area contributed by atoms with Crippen molar-refractivity contribution in [2.45, 2.75) is 26.9 Å². The molecule has 1 aromatic rings. The van der Waals surface area contributed by atoms with Gasteiger partial charge in [-0.15, -0.1) is 0 Å². The van der Waals surface area contributed by atoms with E-state index in [0.29, 0.717) is 16.1 Å². The number of halogens is 1. The number of carbonyl (C=O) groups is 1. The van der Waals surface area contributed by atoms with Crippen LogP contribution in [0.1, 0.15) is 28.4 Å². The SMILES string of the molecule is COC(=O)C(O)c1c(C)c(Cl)c(C)c(C)c1O. The first kappa shape index (κ1) is 13.8. The third kappa shape index (κ3) is 2.23. The fourth-order valence-electron chi connectivity index (χ4n) is 1.69. The van der Waals surface area contributed by atoms with Gasteiger partial charge in [-0.05, 0) is 37.5 Å². The van der Waals surface area contributed by atoms with E-state index in [4.69, 9.17) is 11.6 Å². The number of rotatable bonds is 2. The Morgan fingerprint density at radius 3 is 2.24 bits per heavy atom. The molecule has 4 nitrogen and oxygen atoms in total. The van der Waals surface area contributed by atoms with Gasteiger partial charge in [-0.1, -0.05) is 11.6 Å². The van der Waals surface area contributed by atoms with Crippen molar-refractivity contribution in [1.29, 1.82) is 0 Å². The van der Waals surface area contributed by atoms with Crippen LogP contribution in [0.25, 0.3) is 0 Å². The minimum Gasteiger partial charge on any atom is -0.507 e. The van der Waals surface area contributed by atoms with Gasteiger partial charge in [0, 0.05) is 10.6 Å². The molecule has 0 fully saturated rings. The molecule has 1 unspecified atom stereocenters. The molecule has 0 aromatic heterocycles. The number of benzene rings is 1. The molecular weight excluding hydrogens is 244 g/mol. The average molecular weight is 259 g/mol. The fourth-order valence-corrected chi connectivity index (χ4v) is 1.93. The van der Waals surface area contributed by atoms with E-state index in [2.05, 4.69) is 4.74 Å². The quantitative estimate of drug-likeness (QED) is 0.798. The van der Waals surface area contributed by atoms with Gasteiger partial charge >= 0.3 is 5.97 Å². The first-order chi connectivity index (χ1) is 7.82. The Hall–Kier alpha value is -1.26. The van der Waals surface area contributed by atoms with E-state index in [1.807, 2.05) is 0 Å². The maximum Gasteiger partial charge on any atom is 0.339 e. The lowest BCUT2D eigenvalue weighted by Gasteiger charge is -2.18. The number of carbonyl (C=O) groups excluding carboxylic acids is 1. The van der Waals surface area contributed by atoms with Crippen LogP contribution in [-0.2, 0) is 9.53 Å². The Balaban J connectivity index is 3.49. The average Bonchev–Trinajstić information content (AvgIpc) is 2.32. The lowest BCUT2D eigenvalue weighted by molar-refractivity contribution is -0.150. The number of aliphatic hydroxyl groups excluding tert-OH is 1. The normalized spacial score (nSPS) is 12.4. The second-order valence-corrected chi connectivity index (χ2v) is 4.25. The first-order valence-electron chi connectivity index (χ1n) is 5.06. The third-order valence-electron chi connectivity index (χ3n) is 2.93. The largest absolute Gasteiger partial charge is 0.507 e. The summed E-state index contributed by atoms with van der Waals surface area (Å²) >= 11 is 6.08. The van der Waals surface area contributed by atoms with Gasteiger partial charge in [0.05, 0.1) is 7.11 Å². The molecule has 94 valence electrons. The highest BCUT2D eigenvalue weighted by atomic mass is 35.5. The van der Waals surface area contributed by atoms with Crippen molar-refractivity contribution < 1.29 is 19.7 Å². The van der Waals surface area contributed by atoms with Crippen LogP contribution in [0, 0.1) is 20.8 Å². The summed E-state index contributed by atoms with van der Waals surface area (Å²) in [6.07, 6.45) is -1.53. The van der Waals surface area contributed by atoms with Gasteiger partial charge in [0.1, 0.15) is 5.75 Å². The fraction of sp³-hybridized carbons (Fsp3) is 0.417. The zero-order valence-electron chi connectivity index (χ0n) is 10.2. The third-order valence-corrected chi connectivity index (χ3v) is 3.50. The highest BCUT2D eigenvalue weighted by molar-refractivity contribution is 6.32. The van der Waals surface area contributed by atoms with Crippen molar-refractivity contribution in [3.05, 3.63) is 27.3 Å². The van der Waals surface area contributed by atoms with Crippen LogP contribution >= 0.6 is 11.6 Å². The molecule has 5 heteroatoms. The molecule has 0 bridgehead atoms. The molecule has 1 rings (SSSR count). The van der Waals surface area contributed by atoms with Crippen molar-refractivity contribution in [3.63, 3.8) is 0 Å². The van der Waals surface area contributed by atoms with Crippen molar-refractivity contribution in [3.8, 4) is 5.75 Å². The van der Waals surface area contributed by atoms with E-state index in [1.165, 1.54) is 7.11 Å². The lowest BCUT2D eigenvalue weighted by atomic mass is 9.95. The van der Waals surface area contributed by atoms with Crippen LogP contribution in [-0.4, -0.2) is 23.3 Å². The Morgan fingerprint density at radius 2 is 1.76 bits per heavy atom. The second-order valence-electron chi connectivity index (χ2n) is 3.88. The van der Waals surface area contributed by atoms with Crippen molar-refractivity contribution in [2.75, 3.05) is 7.11 Å². The minimum absolute atomic E-state index is 0.102.